The van der Waals surface area contributed by atoms with E-state index in [0.29, 0.717) is 0 Å². The highest BCUT2D eigenvalue weighted by Crippen LogP contribution is 2.22. The summed E-state index contributed by atoms with van der Waals surface area (Å²) in [5.41, 5.74) is -0.234. The van der Waals surface area contributed by atoms with Gasteiger partial charge in [0.25, 0.3) is 0 Å². The summed E-state index contributed by atoms with van der Waals surface area (Å²) in [5.74, 6) is 0. The van der Waals surface area contributed by atoms with Gasteiger partial charge in [-0.3, -0.25) is 0 Å². The zero-order chi connectivity index (χ0) is 7.78. The minimum absolute atomic E-state index is 0.147. The van der Waals surface area contributed by atoms with Crippen LogP contribution in [0.2, 0.25) is 0 Å². The highest BCUT2D eigenvalue weighted by molar-refractivity contribution is 4.90. The standard InChI is InChI=1S/C7H13F2N/c1-7(2)3-5(8)6(9)4-10-7/h5-6,10H,3-4H2,1-2H3. The average Bonchev–Trinajstić information content (AvgIpc) is 1.79. The highest BCUT2D eigenvalue weighted by atomic mass is 19.2. The molecule has 3 heteroatoms. The Balaban J connectivity index is 2.49. The number of piperidine rings is 1. The predicted octanol–water partition coefficient (Wildman–Crippen LogP) is 1.43. The van der Waals surface area contributed by atoms with Gasteiger partial charge < -0.3 is 5.32 Å². The van der Waals surface area contributed by atoms with Gasteiger partial charge in [-0.15, -0.1) is 0 Å². The van der Waals surface area contributed by atoms with Crippen molar-refractivity contribution in [3.8, 4) is 0 Å². The number of rotatable bonds is 0. The average molecular weight is 149 g/mol. The molecule has 1 rings (SSSR count). The van der Waals surface area contributed by atoms with Crippen LogP contribution in [-0.2, 0) is 0 Å². The third-order valence-electron chi connectivity index (χ3n) is 1.87. The second kappa shape index (κ2) is 2.46. The fourth-order valence-electron chi connectivity index (χ4n) is 1.19. The minimum atomic E-state index is -1.31. The van der Waals surface area contributed by atoms with Gasteiger partial charge in [0.1, 0.15) is 12.3 Å². The molecule has 0 aromatic heterocycles. The molecule has 60 valence electrons. The Kier molecular flexibility index (Phi) is 1.95. The second-order valence-electron chi connectivity index (χ2n) is 3.50. The fourth-order valence-corrected chi connectivity index (χ4v) is 1.19. The first-order valence-corrected chi connectivity index (χ1v) is 3.54. The molecule has 0 saturated carbocycles. The Morgan fingerprint density at radius 3 is 2.30 bits per heavy atom. The van der Waals surface area contributed by atoms with E-state index in [4.69, 9.17) is 0 Å². The van der Waals surface area contributed by atoms with E-state index in [0.717, 1.165) is 0 Å². The normalized spacial score (nSPS) is 39.6. The molecule has 10 heavy (non-hydrogen) atoms. The quantitative estimate of drug-likeness (QED) is 0.549. The first-order valence-electron chi connectivity index (χ1n) is 3.54. The van der Waals surface area contributed by atoms with Gasteiger partial charge in [0.2, 0.25) is 0 Å². The van der Waals surface area contributed by atoms with Crippen molar-refractivity contribution in [1.29, 1.82) is 0 Å². The summed E-state index contributed by atoms with van der Waals surface area (Å²) in [6.45, 7) is 3.91. The topological polar surface area (TPSA) is 12.0 Å². The van der Waals surface area contributed by atoms with Crippen molar-refractivity contribution in [1.82, 2.24) is 5.32 Å². The van der Waals surface area contributed by atoms with E-state index in [1.165, 1.54) is 0 Å². The molecule has 0 bridgehead atoms. The summed E-state index contributed by atoms with van der Waals surface area (Å²) < 4.78 is 25.1. The molecule has 0 aliphatic carbocycles. The Bertz CT molecular complexity index is 125. The van der Waals surface area contributed by atoms with Crippen LogP contribution >= 0.6 is 0 Å². The van der Waals surface area contributed by atoms with Crippen molar-refractivity contribution < 1.29 is 8.78 Å². The van der Waals surface area contributed by atoms with Crippen molar-refractivity contribution in [3.05, 3.63) is 0 Å². The van der Waals surface area contributed by atoms with Crippen LogP contribution in [0.1, 0.15) is 20.3 Å². The van der Waals surface area contributed by atoms with E-state index in [1.807, 2.05) is 13.8 Å². The molecule has 1 saturated heterocycles. The number of hydrogen-bond acceptors (Lipinski definition) is 1. The molecule has 1 aliphatic heterocycles. The first-order chi connectivity index (χ1) is 4.51. The van der Waals surface area contributed by atoms with Gasteiger partial charge in [0.05, 0.1) is 0 Å². The van der Waals surface area contributed by atoms with Gasteiger partial charge >= 0.3 is 0 Å². The Morgan fingerprint density at radius 2 is 1.90 bits per heavy atom. The van der Waals surface area contributed by atoms with E-state index in [2.05, 4.69) is 5.32 Å². The molecule has 0 aromatic carbocycles. The largest absolute Gasteiger partial charge is 0.309 e. The third-order valence-corrected chi connectivity index (χ3v) is 1.87. The smallest absolute Gasteiger partial charge is 0.144 e. The SMILES string of the molecule is CC1(C)CC(F)C(F)CN1. The molecule has 0 spiro atoms. The van der Waals surface area contributed by atoms with Crippen molar-refractivity contribution in [2.75, 3.05) is 6.54 Å². The molecule has 2 atom stereocenters. The summed E-state index contributed by atoms with van der Waals surface area (Å²) in [5, 5.41) is 2.92. The second-order valence-corrected chi connectivity index (χ2v) is 3.50. The lowest BCUT2D eigenvalue weighted by Gasteiger charge is -2.34. The molecule has 0 amide bonds. The van der Waals surface area contributed by atoms with Crippen molar-refractivity contribution in [2.24, 2.45) is 0 Å². The molecule has 0 radical (unpaired) electrons. The molecule has 1 N–H and O–H groups in total. The van der Waals surface area contributed by atoms with E-state index in [-0.39, 0.29) is 18.5 Å². The van der Waals surface area contributed by atoms with Gasteiger partial charge in [-0.1, -0.05) is 0 Å². The van der Waals surface area contributed by atoms with Crippen LogP contribution in [0.3, 0.4) is 0 Å². The zero-order valence-electron chi connectivity index (χ0n) is 6.32. The third kappa shape index (κ3) is 1.66. The van der Waals surface area contributed by atoms with E-state index in [9.17, 15) is 8.78 Å². The van der Waals surface area contributed by atoms with Crippen LogP contribution in [0.5, 0.6) is 0 Å². The van der Waals surface area contributed by atoms with E-state index < -0.39 is 12.3 Å². The highest BCUT2D eigenvalue weighted by Gasteiger charge is 2.34. The molecule has 1 nitrogen and oxygen atoms in total. The molecular weight excluding hydrogens is 136 g/mol. The van der Waals surface area contributed by atoms with Crippen LogP contribution in [0.15, 0.2) is 0 Å². The Morgan fingerprint density at radius 1 is 1.30 bits per heavy atom. The Hall–Kier alpha value is -0.180. The number of hydrogen-bond donors (Lipinski definition) is 1. The maximum Gasteiger partial charge on any atom is 0.144 e. The van der Waals surface area contributed by atoms with Gasteiger partial charge in [0.15, 0.2) is 0 Å². The Labute approximate surface area is 59.8 Å². The van der Waals surface area contributed by atoms with Crippen molar-refractivity contribution >= 4 is 0 Å². The van der Waals surface area contributed by atoms with Crippen LogP contribution < -0.4 is 5.32 Å². The lowest BCUT2D eigenvalue weighted by atomic mass is 9.91. The molecule has 1 heterocycles. The lowest BCUT2D eigenvalue weighted by molar-refractivity contribution is 0.0824. The van der Waals surface area contributed by atoms with Gasteiger partial charge in [-0.05, 0) is 20.3 Å². The fraction of sp³-hybridized carbons (Fsp3) is 1.00. The lowest BCUT2D eigenvalue weighted by Crippen LogP contribution is -2.52. The summed E-state index contributed by atoms with van der Waals surface area (Å²) >= 11 is 0. The monoisotopic (exact) mass is 149 g/mol. The maximum atomic E-state index is 12.7. The van der Waals surface area contributed by atoms with Crippen molar-refractivity contribution in [3.63, 3.8) is 0 Å². The predicted molar refractivity (Wildman–Crippen MR) is 36.5 cm³/mol. The first kappa shape index (κ1) is 7.92. The number of nitrogens with one attached hydrogen (secondary N) is 1. The summed E-state index contributed by atoms with van der Waals surface area (Å²) in [7, 11) is 0. The van der Waals surface area contributed by atoms with Crippen molar-refractivity contribution in [2.45, 2.75) is 38.2 Å². The van der Waals surface area contributed by atoms with E-state index >= 15 is 0 Å². The number of alkyl halides is 2. The minimum Gasteiger partial charge on any atom is -0.309 e. The number of halogens is 2. The van der Waals surface area contributed by atoms with Gasteiger partial charge in [-0.25, -0.2) is 8.78 Å². The summed E-state index contributed by atoms with van der Waals surface area (Å²) in [6, 6.07) is 0. The summed E-state index contributed by atoms with van der Waals surface area (Å²) in [6.07, 6.45) is -2.32. The van der Waals surface area contributed by atoms with Gasteiger partial charge in [0, 0.05) is 12.1 Å². The summed E-state index contributed by atoms with van der Waals surface area (Å²) in [4.78, 5) is 0. The maximum absolute atomic E-state index is 12.7. The van der Waals surface area contributed by atoms with Crippen LogP contribution in [-0.4, -0.2) is 24.4 Å². The molecule has 1 aliphatic rings. The molecule has 0 aromatic rings. The zero-order valence-corrected chi connectivity index (χ0v) is 6.32. The van der Waals surface area contributed by atoms with Crippen LogP contribution in [0, 0.1) is 0 Å². The molecular formula is C7H13F2N. The van der Waals surface area contributed by atoms with E-state index in [1.54, 1.807) is 0 Å². The molecule has 2 unspecified atom stereocenters. The van der Waals surface area contributed by atoms with Crippen LogP contribution in [0.4, 0.5) is 8.78 Å². The van der Waals surface area contributed by atoms with Gasteiger partial charge in [-0.2, -0.15) is 0 Å². The van der Waals surface area contributed by atoms with Crippen LogP contribution in [0.25, 0.3) is 0 Å². The molecule has 1 fully saturated rings.